The molecule has 1 unspecified atom stereocenters. The molecule has 81 heavy (non-hydrogen) atoms. The highest BCUT2D eigenvalue weighted by Gasteiger charge is 2.19. The van der Waals surface area contributed by atoms with Crippen LogP contribution in [0.2, 0.25) is 0 Å². The van der Waals surface area contributed by atoms with Gasteiger partial charge >= 0.3 is 17.9 Å². The molecule has 0 aliphatic carbocycles. The Balaban J connectivity index is 4.23. The largest absolute Gasteiger partial charge is 0.462 e. The van der Waals surface area contributed by atoms with E-state index in [0.717, 1.165) is 89.9 Å². The summed E-state index contributed by atoms with van der Waals surface area (Å²) < 4.78 is 17.0. The molecule has 0 bridgehead atoms. The number of esters is 3. The lowest BCUT2D eigenvalue weighted by Gasteiger charge is -2.18. The van der Waals surface area contributed by atoms with E-state index in [1.165, 1.54) is 250 Å². The lowest BCUT2D eigenvalue weighted by Crippen LogP contribution is -2.30. The molecule has 0 saturated heterocycles. The van der Waals surface area contributed by atoms with Crippen molar-refractivity contribution >= 4 is 17.9 Å². The monoisotopic (exact) mass is 1130 g/mol. The van der Waals surface area contributed by atoms with Gasteiger partial charge in [0.1, 0.15) is 13.2 Å². The third-order valence-corrected chi connectivity index (χ3v) is 16.0. The minimum absolute atomic E-state index is 0.0723. The van der Waals surface area contributed by atoms with Crippen LogP contribution in [0.15, 0.2) is 60.8 Å². The summed E-state index contributed by atoms with van der Waals surface area (Å²) in [5.41, 5.74) is 0. The van der Waals surface area contributed by atoms with Gasteiger partial charge < -0.3 is 14.2 Å². The van der Waals surface area contributed by atoms with Crippen LogP contribution in [0.5, 0.6) is 0 Å². The van der Waals surface area contributed by atoms with Crippen molar-refractivity contribution in [2.75, 3.05) is 13.2 Å². The van der Waals surface area contributed by atoms with Crippen LogP contribution >= 0.6 is 0 Å². The molecule has 0 aliphatic heterocycles. The van der Waals surface area contributed by atoms with Crippen LogP contribution in [0.25, 0.3) is 0 Å². The topological polar surface area (TPSA) is 78.9 Å². The quantitative estimate of drug-likeness (QED) is 0.0261. The molecule has 0 aromatic heterocycles. The molecule has 0 saturated carbocycles. The molecule has 0 aromatic rings. The summed E-state index contributed by atoms with van der Waals surface area (Å²) in [5.74, 6) is -0.856. The van der Waals surface area contributed by atoms with Crippen molar-refractivity contribution in [1.82, 2.24) is 0 Å². The van der Waals surface area contributed by atoms with Crippen LogP contribution in [0.4, 0.5) is 0 Å². The van der Waals surface area contributed by atoms with Crippen LogP contribution < -0.4 is 0 Å². The van der Waals surface area contributed by atoms with Crippen molar-refractivity contribution in [2.24, 2.45) is 0 Å². The maximum atomic E-state index is 13.0. The van der Waals surface area contributed by atoms with Gasteiger partial charge in [-0.2, -0.15) is 0 Å². The molecule has 1 atom stereocenters. The van der Waals surface area contributed by atoms with Gasteiger partial charge in [-0.1, -0.05) is 338 Å². The third-order valence-electron chi connectivity index (χ3n) is 16.0. The molecular weight excluding hydrogens is 997 g/mol. The average Bonchev–Trinajstić information content (AvgIpc) is 3.46. The Morgan fingerprint density at radius 3 is 0.778 bits per heavy atom. The second-order valence-electron chi connectivity index (χ2n) is 24.1. The van der Waals surface area contributed by atoms with Gasteiger partial charge in [0.2, 0.25) is 0 Å². The van der Waals surface area contributed by atoms with Crippen molar-refractivity contribution in [3.05, 3.63) is 60.8 Å². The first-order chi connectivity index (χ1) is 40.0. The SMILES string of the molecule is CC/C=C\C/C=C\C/C=C\C/C=C\CCCCCCCCCCCCCCCCC(=O)OCC(COC(=O)CCCCCCC/C=C\CCCCCC)OC(=O)CCCCCCCCCCCCCCCCCCCCCCCCC. The highest BCUT2D eigenvalue weighted by atomic mass is 16.6. The van der Waals surface area contributed by atoms with Gasteiger partial charge in [-0.3, -0.25) is 14.4 Å². The van der Waals surface area contributed by atoms with E-state index in [9.17, 15) is 14.4 Å². The van der Waals surface area contributed by atoms with E-state index in [-0.39, 0.29) is 31.1 Å². The number of unbranched alkanes of at least 4 members (excludes halogenated alkanes) is 45. The first-order valence-corrected chi connectivity index (χ1v) is 35.8. The van der Waals surface area contributed by atoms with Gasteiger partial charge in [0.05, 0.1) is 0 Å². The molecule has 0 N–H and O–H groups in total. The lowest BCUT2D eigenvalue weighted by atomic mass is 10.0. The first-order valence-electron chi connectivity index (χ1n) is 35.8. The number of hydrogen-bond donors (Lipinski definition) is 0. The second-order valence-corrected chi connectivity index (χ2v) is 24.1. The van der Waals surface area contributed by atoms with Crippen molar-refractivity contribution in [1.29, 1.82) is 0 Å². The van der Waals surface area contributed by atoms with Crippen LogP contribution in [-0.4, -0.2) is 37.2 Å². The zero-order valence-electron chi connectivity index (χ0n) is 54.3. The maximum Gasteiger partial charge on any atom is 0.306 e. The van der Waals surface area contributed by atoms with Gasteiger partial charge in [-0.05, 0) is 83.5 Å². The standard InChI is InChI=1S/C75H136O6/c1-4-7-10-13-16-19-22-25-27-29-31-33-35-36-37-38-40-41-43-45-47-50-53-56-59-62-65-68-74(77)80-71-72(70-79-73(76)67-64-61-58-55-52-49-24-21-18-15-12-9-6-3)81-75(78)69-66-63-60-57-54-51-48-46-44-42-39-34-32-30-28-26-23-20-17-14-11-8-5-2/h7,10,16,19,21,24-25,27,31,33,72H,4-6,8-9,11-15,17-18,20,22-23,26,28-30,32,34-71H2,1-3H3/b10-7-,19-16-,24-21-,27-25-,33-31-. The molecule has 6 nitrogen and oxygen atoms in total. The summed E-state index contributed by atoms with van der Waals surface area (Å²) >= 11 is 0. The maximum absolute atomic E-state index is 13.0. The van der Waals surface area contributed by atoms with Crippen LogP contribution in [0.1, 0.15) is 380 Å². The molecule has 0 amide bonds. The van der Waals surface area contributed by atoms with Crippen LogP contribution in [-0.2, 0) is 28.6 Å². The zero-order chi connectivity index (χ0) is 58.5. The van der Waals surface area contributed by atoms with Gasteiger partial charge in [-0.25, -0.2) is 0 Å². The average molecular weight is 1130 g/mol. The van der Waals surface area contributed by atoms with Crippen molar-refractivity contribution < 1.29 is 28.6 Å². The Morgan fingerprint density at radius 2 is 0.481 bits per heavy atom. The zero-order valence-corrected chi connectivity index (χ0v) is 54.3. The lowest BCUT2D eigenvalue weighted by molar-refractivity contribution is -0.167. The Bertz CT molecular complexity index is 1440. The summed E-state index contributed by atoms with van der Waals surface area (Å²) in [7, 11) is 0. The minimum Gasteiger partial charge on any atom is -0.462 e. The highest BCUT2D eigenvalue weighted by molar-refractivity contribution is 5.71. The Kier molecular flexibility index (Phi) is 67.1. The summed E-state index contributed by atoms with van der Waals surface area (Å²) in [4.78, 5) is 38.4. The predicted molar refractivity (Wildman–Crippen MR) is 353 cm³/mol. The molecule has 0 heterocycles. The fourth-order valence-corrected chi connectivity index (χ4v) is 10.7. The van der Waals surface area contributed by atoms with E-state index in [1.807, 2.05) is 0 Å². The van der Waals surface area contributed by atoms with Crippen molar-refractivity contribution in [3.63, 3.8) is 0 Å². The highest BCUT2D eigenvalue weighted by Crippen LogP contribution is 2.18. The van der Waals surface area contributed by atoms with Crippen LogP contribution in [0.3, 0.4) is 0 Å². The third kappa shape index (κ3) is 67.8. The summed E-state index contributed by atoms with van der Waals surface area (Å²) in [6, 6.07) is 0. The number of carbonyl (C=O) groups excluding carboxylic acids is 3. The van der Waals surface area contributed by atoms with Gasteiger partial charge in [-0.15, -0.1) is 0 Å². The number of carbonyl (C=O) groups is 3. The van der Waals surface area contributed by atoms with Gasteiger partial charge in [0.15, 0.2) is 6.10 Å². The molecule has 0 aromatic carbocycles. The number of allylic oxidation sites excluding steroid dienone is 10. The molecule has 0 radical (unpaired) electrons. The normalized spacial score (nSPS) is 12.4. The number of rotatable bonds is 66. The summed E-state index contributed by atoms with van der Waals surface area (Å²) in [6.45, 7) is 6.57. The molecule has 0 aliphatic rings. The molecule has 0 rings (SSSR count). The van der Waals surface area contributed by atoms with E-state index in [4.69, 9.17) is 14.2 Å². The summed E-state index contributed by atoms with van der Waals surface area (Å²) in [5, 5.41) is 0. The number of ether oxygens (including phenoxy) is 3. The fraction of sp³-hybridized carbons (Fsp3) is 0.827. The van der Waals surface area contributed by atoms with Gasteiger partial charge in [0, 0.05) is 19.3 Å². The second kappa shape index (κ2) is 69.6. The fourth-order valence-electron chi connectivity index (χ4n) is 10.7. The predicted octanol–water partition coefficient (Wildman–Crippen LogP) is 24.7. The Hall–Kier alpha value is -2.89. The van der Waals surface area contributed by atoms with E-state index in [2.05, 4.69) is 81.5 Å². The van der Waals surface area contributed by atoms with E-state index < -0.39 is 6.10 Å². The minimum atomic E-state index is -0.776. The van der Waals surface area contributed by atoms with E-state index in [0.29, 0.717) is 19.3 Å². The van der Waals surface area contributed by atoms with Crippen LogP contribution in [0, 0.1) is 0 Å². The van der Waals surface area contributed by atoms with E-state index >= 15 is 0 Å². The first kappa shape index (κ1) is 78.1. The number of hydrogen-bond acceptors (Lipinski definition) is 6. The smallest absolute Gasteiger partial charge is 0.306 e. The Labute approximate surface area is 504 Å². The molecule has 472 valence electrons. The Morgan fingerprint density at radius 1 is 0.259 bits per heavy atom. The molecule has 6 heteroatoms. The molecule has 0 spiro atoms. The van der Waals surface area contributed by atoms with E-state index in [1.54, 1.807) is 0 Å². The summed E-state index contributed by atoms with van der Waals surface area (Å²) in [6.07, 6.45) is 89.7. The van der Waals surface area contributed by atoms with Crippen molar-refractivity contribution in [3.8, 4) is 0 Å². The van der Waals surface area contributed by atoms with Gasteiger partial charge in [0.25, 0.3) is 0 Å². The molecular formula is C75H136O6. The van der Waals surface area contributed by atoms with Crippen molar-refractivity contribution in [2.45, 2.75) is 386 Å². The molecule has 0 fully saturated rings.